The number of aromatic hydroxyl groups is 1. The Hall–Kier alpha value is -1.87. The lowest BCUT2D eigenvalue weighted by atomic mass is 10.1. The van der Waals surface area contributed by atoms with Crippen LogP contribution in [0.15, 0.2) is 36.4 Å². The van der Waals surface area contributed by atoms with Crippen molar-refractivity contribution in [2.24, 2.45) is 0 Å². The number of phenols is 1. The van der Waals surface area contributed by atoms with Gasteiger partial charge in [0, 0.05) is 22.8 Å². The first-order valence-electron chi connectivity index (χ1n) is 5.96. The van der Waals surface area contributed by atoms with Crippen molar-refractivity contribution < 1.29 is 9.84 Å². The van der Waals surface area contributed by atoms with Crippen molar-refractivity contribution in [3.05, 3.63) is 52.5 Å². The Morgan fingerprint density at radius 2 is 2.00 bits per heavy atom. The van der Waals surface area contributed by atoms with Gasteiger partial charge in [0.2, 0.25) is 0 Å². The maximum absolute atomic E-state index is 9.81. The molecule has 100 valence electrons. The van der Waals surface area contributed by atoms with Crippen LogP contribution in [0.25, 0.3) is 0 Å². The quantitative estimate of drug-likeness (QED) is 0.888. The molecule has 3 nitrogen and oxygen atoms in total. The summed E-state index contributed by atoms with van der Waals surface area (Å²) in [5.74, 6) is 0.974. The van der Waals surface area contributed by atoms with Gasteiger partial charge in [-0.1, -0.05) is 11.6 Å². The third kappa shape index (κ3) is 3.32. The molecule has 0 bridgehead atoms. The van der Waals surface area contributed by atoms with Crippen molar-refractivity contribution in [1.82, 2.24) is 0 Å². The van der Waals surface area contributed by atoms with E-state index in [9.17, 15) is 5.11 Å². The Balaban J connectivity index is 2.14. The number of benzene rings is 2. The molecule has 0 aliphatic rings. The van der Waals surface area contributed by atoms with Gasteiger partial charge in [-0.05, 0) is 48.9 Å². The predicted molar refractivity (Wildman–Crippen MR) is 78.2 cm³/mol. The lowest BCUT2D eigenvalue weighted by Gasteiger charge is -2.12. The van der Waals surface area contributed by atoms with Gasteiger partial charge in [-0.25, -0.2) is 0 Å². The molecule has 0 heterocycles. The van der Waals surface area contributed by atoms with E-state index in [1.165, 1.54) is 0 Å². The fourth-order valence-corrected chi connectivity index (χ4v) is 2.07. The number of hydrogen-bond donors (Lipinski definition) is 2. The summed E-state index contributed by atoms with van der Waals surface area (Å²) in [4.78, 5) is 0. The second kappa shape index (κ2) is 5.85. The number of rotatable bonds is 4. The van der Waals surface area contributed by atoms with Gasteiger partial charge in [0.15, 0.2) is 0 Å². The van der Waals surface area contributed by atoms with E-state index in [-0.39, 0.29) is 5.75 Å². The van der Waals surface area contributed by atoms with Gasteiger partial charge in [-0.3, -0.25) is 0 Å². The van der Waals surface area contributed by atoms with Crippen LogP contribution < -0.4 is 10.1 Å². The summed E-state index contributed by atoms with van der Waals surface area (Å²) in [6, 6.07) is 10.8. The highest BCUT2D eigenvalue weighted by Crippen LogP contribution is 2.25. The molecule has 2 N–H and O–H groups in total. The smallest absolute Gasteiger partial charge is 0.120 e. The molecule has 2 rings (SSSR count). The maximum atomic E-state index is 9.81. The molecule has 0 saturated heterocycles. The van der Waals surface area contributed by atoms with Crippen LogP contribution in [0.5, 0.6) is 11.5 Å². The zero-order chi connectivity index (χ0) is 13.8. The molecule has 0 radical (unpaired) electrons. The monoisotopic (exact) mass is 277 g/mol. The minimum absolute atomic E-state index is 0.250. The molecule has 0 amide bonds. The second-order valence-electron chi connectivity index (χ2n) is 4.31. The van der Waals surface area contributed by atoms with Crippen molar-refractivity contribution in [3.63, 3.8) is 0 Å². The van der Waals surface area contributed by atoms with Gasteiger partial charge in [0.25, 0.3) is 0 Å². The van der Waals surface area contributed by atoms with Crippen molar-refractivity contribution in [3.8, 4) is 11.5 Å². The Bertz CT molecular complexity index is 584. The van der Waals surface area contributed by atoms with Crippen LogP contribution in [0.1, 0.15) is 11.1 Å². The number of hydrogen-bond acceptors (Lipinski definition) is 3. The molecule has 0 atom stereocenters. The number of halogens is 1. The average Bonchev–Trinajstić information content (AvgIpc) is 2.39. The van der Waals surface area contributed by atoms with Gasteiger partial charge in [-0.2, -0.15) is 0 Å². The molecule has 0 aliphatic heterocycles. The molecule has 0 saturated carbocycles. The van der Waals surface area contributed by atoms with Crippen molar-refractivity contribution in [1.29, 1.82) is 0 Å². The van der Waals surface area contributed by atoms with Crippen molar-refractivity contribution in [2.75, 3.05) is 12.4 Å². The van der Waals surface area contributed by atoms with Crippen molar-refractivity contribution >= 4 is 17.3 Å². The van der Waals surface area contributed by atoms with Gasteiger partial charge in [0.05, 0.1) is 7.11 Å². The predicted octanol–water partition coefficient (Wildman–Crippen LogP) is 3.97. The van der Waals surface area contributed by atoms with E-state index in [2.05, 4.69) is 5.32 Å². The first-order chi connectivity index (χ1) is 9.10. The lowest BCUT2D eigenvalue weighted by molar-refractivity contribution is 0.411. The minimum Gasteiger partial charge on any atom is -0.508 e. The molecular weight excluding hydrogens is 262 g/mol. The molecule has 0 aliphatic carbocycles. The summed E-state index contributed by atoms with van der Waals surface area (Å²) in [6.45, 7) is 2.51. The fraction of sp³-hybridized carbons (Fsp3) is 0.200. The summed E-state index contributed by atoms with van der Waals surface area (Å²) >= 11 is 5.91. The van der Waals surface area contributed by atoms with E-state index >= 15 is 0 Å². The van der Waals surface area contributed by atoms with Gasteiger partial charge in [-0.15, -0.1) is 0 Å². The summed E-state index contributed by atoms with van der Waals surface area (Å²) in [5, 5.41) is 13.8. The maximum Gasteiger partial charge on any atom is 0.120 e. The lowest BCUT2D eigenvalue weighted by Crippen LogP contribution is -2.01. The summed E-state index contributed by atoms with van der Waals surface area (Å²) in [6.07, 6.45) is 0. The van der Waals surface area contributed by atoms with Gasteiger partial charge < -0.3 is 15.2 Å². The van der Waals surface area contributed by atoms with E-state index in [1.54, 1.807) is 19.2 Å². The number of ether oxygens (including phenoxy) is 1. The first-order valence-corrected chi connectivity index (χ1v) is 6.34. The van der Waals surface area contributed by atoms with Crippen LogP contribution in [-0.4, -0.2) is 12.2 Å². The van der Waals surface area contributed by atoms with Crippen LogP contribution in [0.4, 0.5) is 5.69 Å². The fourth-order valence-electron chi connectivity index (χ4n) is 1.85. The Morgan fingerprint density at radius 3 is 2.68 bits per heavy atom. The zero-order valence-corrected chi connectivity index (χ0v) is 11.7. The summed E-state index contributed by atoms with van der Waals surface area (Å²) < 4.78 is 5.15. The molecule has 0 fully saturated rings. The number of aryl methyl sites for hydroxylation is 1. The van der Waals surface area contributed by atoms with Crippen molar-refractivity contribution in [2.45, 2.75) is 13.5 Å². The molecule has 4 heteroatoms. The first kappa shape index (κ1) is 13.6. The third-order valence-corrected chi connectivity index (χ3v) is 3.18. The largest absolute Gasteiger partial charge is 0.508 e. The minimum atomic E-state index is 0.250. The Kier molecular flexibility index (Phi) is 4.17. The van der Waals surface area contributed by atoms with Crippen LogP contribution in [-0.2, 0) is 6.54 Å². The Labute approximate surface area is 117 Å². The van der Waals surface area contributed by atoms with E-state index in [1.807, 2.05) is 31.2 Å². The highest BCUT2D eigenvalue weighted by atomic mass is 35.5. The SMILES string of the molecule is COc1ccc(O)c(CNc2ccc(Cl)cc2C)c1. The van der Waals surface area contributed by atoms with Crippen LogP contribution in [0.3, 0.4) is 0 Å². The second-order valence-corrected chi connectivity index (χ2v) is 4.74. The van der Waals surface area contributed by atoms with E-state index in [0.29, 0.717) is 11.6 Å². The molecular formula is C15H16ClNO2. The molecule has 19 heavy (non-hydrogen) atoms. The van der Waals surface area contributed by atoms with Gasteiger partial charge in [0.1, 0.15) is 11.5 Å². The Morgan fingerprint density at radius 1 is 1.21 bits per heavy atom. The summed E-state index contributed by atoms with van der Waals surface area (Å²) in [5.41, 5.74) is 2.84. The highest BCUT2D eigenvalue weighted by molar-refractivity contribution is 6.30. The average molecular weight is 278 g/mol. The molecule has 0 spiro atoms. The van der Waals surface area contributed by atoms with E-state index in [0.717, 1.165) is 22.6 Å². The number of nitrogens with one attached hydrogen (secondary N) is 1. The number of methoxy groups -OCH3 is 1. The summed E-state index contributed by atoms with van der Waals surface area (Å²) in [7, 11) is 1.60. The van der Waals surface area contributed by atoms with E-state index < -0.39 is 0 Å². The van der Waals surface area contributed by atoms with Crippen LogP contribution >= 0.6 is 11.6 Å². The van der Waals surface area contributed by atoms with Gasteiger partial charge >= 0.3 is 0 Å². The van der Waals surface area contributed by atoms with Crippen LogP contribution in [0, 0.1) is 6.92 Å². The molecule has 2 aromatic carbocycles. The molecule has 0 aromatic heterocycles. The third-order valence-electron chi connectivity index (χ3n) is 2.94. The normalized spacial score (nSPS) is 10.3. The molecule has 0 unspecified atom stereocenters. The van der Waals surface area contributed by atoms with E-state index in [4.69, 9.17) is 16.3 Å². The standard InChI is InChI=1S/C15H16ClNO2/c1-10-7-12(16)3-5-14(10)17-9-11-8-13(19-2)4-6-15(11)18/h3-8,17-18H,9H2,1-2H3. The highest BCUT2D eigenvalue weighted by Gasteiger charge is 2.04. The topological polar surface area (TPSA) is 41.5 Å². The zero-order valence-electron chi connectivity index (χ0n) is 10.9. The van der Waals surface area contributed by atoms with Crippen LogP contribution in [0.2, 0.25) is 5.02 Å². The number of phenolic OH excluding ortho intramolecular Hbond substituents is 1. The number of anilines is 1. The molecule has 2 aromatic rings.